The summed E-state index contributed by atoms with van der Waals surface area (Å²) < 4.78 is 18.4. The van der Waals surface area contributed by atoms with Crippen LogP contribution in [-0.2, 0) is 13.1 Å². The summed E-state index contributed by atoms with van der Waals surface area (Å²) in [5, 5.41) is 4.90. The first-order valence-electron chi connectivity index (χ1n) is 9.51. The van der Waals surface area contributed by atoms with E-state index in [9.17, 15) is 0 Å². The van der Waals surface area contributed by atoms with Crippen molar-refractivity contribution < 1.29 is 13.9 Å². The van der Waals surface area contributed by atoms with Crippen molar-refractivity contribution in [3.05, 3.63) is 84.4 Å². The Morgan fingerprint density at radius 1 is 0.966 bits per heavy atom. The maximum atomic E-state index is 5.56. The number of furan rings is 1. The number of hydrogen-bond donors (Lipinski definition) is 0. The smallest absolute Gasteiger partial charge is 0.231 e. The maximum Gasteiger partial charge on any atom is 0.231 e. The van der Waals surface area contributed by atoms with Crippen LogP contribution in [0.2, 0.25) is 0 Å². The van der Waals surface area contributed by atoms with Crippen molar-refractivity contribution in [2.24, 2.45) is 0 Å². The van der Waals surface area contributed by atoms with Gasteiger partial charge in [0.2, 0.25) is 6.79 Å². The Labute approximate surface area is 168 Å². The standard InChI is InChI=1S/C23H21N3O3/c1-25(15-20-8-5-11-27-20)13-18-14-26(19-6-3-2-4-7-19)24-23(18)17-9-10-21-22(12-17)29-16-28-21/h2-12,14H,13,15-16H2,1H3. The second-order valence-corrected chi connectivity index (χ2v) is 7.10. The molecule has 29 heavy (non-hydrogen) atoms. The first-order chi connectivity index (χ1) is 14.3. The lowest BCUT2D eigenvalue weighted by molar-refractivity contribution is 0.174. The predicted molar refractivity (Wildman–Crippen MR) is 109 cm³/mol. The second-order valence-electron chi connectivity index (χ2n) is 7.10. The zero-order chi connectivity index (χ0) is 19.6. The van der Waals surface area contributed by atoms with E-state index in [4.69, 9.17) is 19.0 Å². The lowest BCUT2D eigenvalue weighted by Crippen LogP contribution is -2.17. The van der Waals surface area contributed by atoms with Crippen LogP contribution in [0.5, 0.6) is 11.5 Å². The molecule has 3 heterocycles. The van der Waals surface area contributed by atoms with E-state index in [0.717, 1.165) is 52.9 Å². The Hall–Kier alpha value is -3.51. The van der Waals surface area contributed by atoms with Gasteiger partial charge in [0.05, 0.1) is 24.2 Å². The van der Waals surface area contributed by atoms with Crippen molar-refractivity contribution in [1.82, 2.24) is 14.7 Å². The molecule has 0 saturated heterocycles. The van der Waals surface area contributed by atoms with E-state index in [1.54, 1.807) is 6.26 Å². The van der Waals surface area contributed by atoms with Crippen LogP contribution in [0.4, 0.5) is 0 Å². The molecule has 0 N–H and O–H groups in total. The van der Waals surface area contributed by atoms with Gasteiger partial charge in [-0.1, -0.05) is 18.2 Å². The highest BCUT2D eigenvalue weighted by molar-refractivity contribution is 5.67. The van der Waals surface area contributed by atoms with Crippen LogP contribution in [0, 0.1) is 0 Å². The first-order valence-corrected chi connectivity index (χ1v) is 9.51. The lowest BCUT2D eigenvalue weighted by atomic mass is 10.1. The number of fused-ring (bicyclic) bond motifs is 1. The van der Waals surface area contributed by atoms with E-state index in [-0.39, 0.29) is 6.79 Å². The van der Waals surface area contributed by atoms with Crippen molar-refractivity contribution in [3.63, 3.8) is 0 Å². The summed E-state index contributed by atoms with van der Waals surface area (Å²) in [6.45, 7) is 1.72. The summed E-state index contributed by atoms with van der Waals surface area (Å²) in [7, 11) is 2.08. The van der Waals surface area contributed by atoms with E-state index >= 15 is 0 Å². The van der Waals surface area contributed by atoms with Gasteiger partial charge in [0.15, 0.2) is 11.5 Å². The predicted octanol–water partition coefficient (Wildman–Crippen LogP) is 4.49. The van der Waals surface area contributed by atoms with Crippen LogP contribution >= 0.6 is 0 Å². The number of rotatable bonds is 6. The molecule has 2 aromatic carbocycles. The normalized spacial score (nSPS) is 12.6. The quantitative estimate of drug-likeness (QED) is 0.488. The van der Waals surface area contributed by atoms with Crippen LogP contribution in [0.1, 0.15) is 11.3 Å². The SMILES string of the molecule is CN(Cc1ccco1)Cc1cn(-c2ccccc2)nc1-c1ccc2c(c1)OCO2. The Morgan fingerprint density at radius 2 is 1.83 bits per heavy atom. The summed E-state index contributed by atoms with van der Waals surface area (Å²) in [4.78, 5) is 2.21. The van der Waals surface area contributed by atoms with E-state index in [2.05, 4.69) is 18.1 Å². The monoisotopic (exact) mass is 387 g/mol. The molecule has 1 aliphatic rings. The highest BCUT2D eigenvalue weighted by Crippen LogP contribution is 2.36. The van der Waals surface area contributed by atoms with Gasteiger partial charge < -0.3 is 13.9 Å². The minimum Gasteiger partial charge on any atom is -0.468 e. The third-order valence-electron chi connectivity index (χ3n) is 4.90. The molecule has 0 fully saturated rings. The molecular formula is C23H21N3O3. The van der Waals surface area contributed by atoms with Gasteiger partial charge >= 0.3 is 0 Å². The van der Waals surface area contributed by atoms with Crippen molar-refractivity contribution in [2.75, 3.05) is 13.8 Å². The molecule has 6 nitrogen and oxygen atoms in total. The van der Waals surface area contributed by atoms with Crippen LogP contribution < -0.4 is 9.47 Å². The van der Waals surface area contributed by atoms with Crippen LogP contribution in [0.15, 0.2) is 77.5 Å². The largest absolute Gasteiger partial charge is 0.468 e. The summed E-state index contributed by atoms with van der Waals surface area (Å²) in [6, 6.07) is 20.0. The van der Waals surface area contributed by atoms with Gasteiger partial charge in [-0.2, -0.15) is 5.10 Å². The van der Waals surface area contributed by atoms with Crippen molar-refractivity contribution in [2.45, 2.75) is 13.1 Å². The maximum absolute atomic E-state index is 5.56. The Morgan fingerprint density at radius 3 is 2.66 bits per heavy atom. The molecule has 0 aliphatic carbocycles. The fourth-order valence-corrected chi connectivity index (χ4v) is 3.54. The molecule has 2 aromatic heterocycles. The molecule has 0 saturated carbocycles. The average molecular weight is 387 g/mol. The van der Waals surface area contributed by atoms with Crippen LogP contribution in [-0.4, -0.2) is 28.5 Å². The number of aromatic nitrogens is 2. The van der Waals surface area contributed by atoms with E-state index < -0.39 is 0 Å². The van der Waals surface area contributed by atoms with E-state index in [1.807, 2.05) is 65.3 Å². The van der Waals surface area contributed by atoms with Gasteiger partial charge in [0.25, 0.3) is 0 Å². The molecule has 6 heteroatoms. The number of para-hydroxylation sites is 1. The Kier molecular flexibility index (Phi) is 4.54. The number of benzene rings is 2. The van der Waals surface area contributed by atoms with E-state index in [1.165, 1.54) is 0 Å². The fraction of sp³-hybridized carbons (Fsp3) is 0.174. The Bertz CT molecular complexity index is 1100. The van der Waals surface area contributed by atoms with E-state index in [0.29, 0.717) is 0 Å². The highest BCUT2D eigenvalue weighted by Gasteiger charge is 2.19. The number of ether oxygens (including phenoxy) is 2. The second kappa shape index (κ2) is 7.48. The molecule has 0 bridgehead atoms. The third kappa shape index (κ3) is 3.62. The number of hydrogen-bond acceptors (Lipinski definition) is 5. The van der Waals surface area contributed by atoms with Gasteiger partial charge in [-0.25, -0.2) is 4.68 Å². The summed E-state index contributed by atoms with van der Waals surface area (Å²) >= 11 is 0. The molecule has 1 aliphatic heterocycles. The van der Waals surface area contributed by atoms with Gasteiger partial charge in [0.1, 0.15) is 5.76 Å². The molecule has 5 rings (SSSR count). The van der Waals surface area contributed by atoms with Gasteiger partial charge in [-0.3, -0.25) is 4.90 Å². The fourth-order valence-electron chi connectivity index (χ4n) is 3.54. The minimum absolute atomic E-state index is 0.260. The molecule has 0 spiro atoms. The molecule has 4 aromatic rings. The average Bonchev–Trinajstić information content (AvgIpc) is 3.49. The number of nitrogens with zero attached hydrogens (tertiary/aromatic N) is 3. The third-order valence-corrected chi connectivity index (χ3v) is 4.90. The molecule has 0 amide bonds. The first kappa shape index (κ1) is 17.6. The Balaban J connectivity index is 1.50. The summed E-state index contributed by atoms with van der Waals surface area (Å²) in [5.74, 6) is 2.46. The molecule has 0 radical (unpaired) electrons. The molecular weight excluding hydrogens is 366 g/mol. The van der Waals surface area contributed by atoms with Crippen molar-refractivity contribution in [3.8, 4) is 28.4 Å². The van der Waals surface area contributed by atoms with Crippen LogP contribution in [0.25, 0.3) is 16.9 Å². The summed E-state index contributed by atoms with van der Waals surface area (Å²) in [6.07, 6.45) is 3.79. The highest BCUT2D eigenvalue weighted by atomic mass is 16.7. The lowest BCUT2D eigenvalue weighted by Gasteiger charge is -2.15. The van der Waals surface area contributed by atoms with Crippen molar-refractivity contribution >= 4 is 0 Å². The summed E-state index contributed by atoms with van der Waals surface area (Å²) in [5.41, 5.74) is 4.08. The minimum atomic E-state index is 0.260. The molecule has 0 unspecified atom stereocenters. The van der Waals surface area contributed by atoms with Gasteiger partial charge in [0, 0.05) is 23.9 Å². The zero-order valence-corrected chi connectivity index (χ0v) is 16.1. The topological polar surface area (TPSA) is 52.7 Å². The van der Waals surface area contributed by atoms with Gasteiger partial charge in [-0.15, -0.1) is 0 Å². The van der Waals surface area contributed by atoms with Gasteiger partial charge in [-0.05, 0) is 49.5 Å². The van der Waals surface area contributed by atoms with Crippen molar-refractivity contribution in [1.29, 1.82) is 0 Å². The molecule has 0 atom stereocenters. The zero-order valence-electron chi connectivity index (χ0n) is 16.1. The van der Waals surface area contributed by atoms with Crippen LogP contribution in [0.3, 0.4) is 0 Å². The molecule has 146 valence electrons.